The van der Waals surface area contributed by atoms with Gasteiger partial charge in [-0.3, -0.25) is 0 Å². The maximum absolute atomic E-state index is 10.7. The van der Waals surface area contributed by atoms with Crippen LogP contribution in [0, 0.1) is 0 Å². The molecular formula is C12H8Na2O4. The van der Waals surface area contributed by atoms with Crippen LogP contribution in [0.25, 0.3) is 11.6 Å². The summed E-state index contributed by atoms with van der Waals surface area (Å²) in [6, 6.07) is 6.19. The molecular weight excluding hydrogens is 254 g/mol. The molecule has 0 amide bonds. The second-order valence-electron chi connectivity index (χ2n) is 2.99. The van der Waals surface area contributed by atoms with Gasteiger partial charge < -0.3 is 19.8 Å². The zero-order chi connectivity index (χ0) is 12.1. The first-order chi connectivity index (χ1) is 7.54. The van der Waals surface area contributed by atoms with Gasteiger partial charge in [0.2, 0.25) is 0 Å². The zero-order valence-corrected chi connectivity index (χ0v) is 14.3. The van der Waals surface area contributed by atoms with Crippen LogP contribution in [0.5, 0.6) is 0 Å². The molecule has 0 aliphatic rings. The number of carboxylic acids is 2. The van der Waals surface area contributed by atoms with E-state index in [1.807, 2.05) is 0 Å². The minimum Gasteiger partial charge on any atom is -0.545 e. The number of carboxylic acid groups (broad SMARTS) is 2. The van der Waals surface area contributed by atoms with E-state index in [0.29, 0.717) is 6.08 Å². The van der Waals surface area contributed by atoms with Crippen molar-refractivity contribution in [1.82, 2.24) is 0 Å². The van der Waals surface area contributed by atoms with Crippen LogP contribution in [-0.2, 0) is 9.59 Å². The molecule has 82 valence electrons. The Morgan fingerprint density at radius 2 is 1.56 bits per heavy atom. The molecule has 0 bridgehead atoms. The second kappa shape index (κ2) is 9.55. The number of carbonyl (C=O) groups excluding carboxylic acids is 2. The van der Waals surface area contributed by atoms with Gasteiger partial charge in [-0.05, 0) is 17.2 Å². The molecule has 0 unspecified atom stereocenters. The van der Waals surface area contributed by atoms with Crippen molar-refractivity contribution in [3.05, 3.63) is 48.0 Å². The molecule has 0 atom stereocenters. The van der Waals surface area contributed by atoms with E-state index in [-0.39, 0.29) is 64.7 Å². The summed E-state index contributed by atoms with van der Waals surface area (Å²) in [5.74, 6) is -3.14. The summed E-state index contributed by atoms with van der Waals surface area (Å²) in [6.07, 6.45) is 2.09. The summed E-state index contributed by atoms with van der Waals surface area (Å²) >= 11 is 0. The molecule has 1 aromatic carbocycles. The molecule has 0 aliphatic heterocycles. The Bertz CT molecular complexity index is 463. The minimum atomic E-state index is -1.58. The molecule has 1 aromatic rings. The monoisotopic (exact) mass is 262 g/mol. The van der Waals surface area contributed by atoms with Crippen LogP contribution in [0.3, 0.4) is 0 Å². The van der Waals surface area contributed by atoms with Crippen LogP contribution in [-0.4, -0.2) is 11.9 Å². The summed E-state index contributed by atoms with van der Waals surface area (Å²) in [6.45, 7) is 3.54. The maximum Gasteiger partial charge on any atom is 1.00 e. The fourth-order valence-corrected chi connectivity index (χ4v) is 1.18. The van der Waals surface area contributed by atoms with E-state index >= 15 is 0 Å². The third-order valence-corrected chi connectivity index (χ3v) is 1.94. The number of rotatable bonds is 4. The van der Waals surface area contributed by atoms with Gasteiger partial charge in [0.15, 0.2) is 0 Å². The zero-order valence-electron chi connectivity index (χ0n) is 10.3. The third-order valence-electron chi connectivity index (χ3n) is 1.94. The largest absolute Gasteiger partial charge is 1.00 e. The molecule has 0 saturated carbocycles. The molecule has 0 saturated heterocycles. The maximum atomic E-state index is 10.7. The number of hydrogen-bond donors (Lipinski definition) is 0. The van der Waals surface area contributed by atoms with Gasteiger partial charge >= 0.3 is 59.1 Å². The molecule has 4 nitrogen and oxygen atoms in total. The van der Waals surface area contributed by atoms with Crippen LogP contribution in [0.2, 0.25) is 0 Å². The molecule has 0 radical (unpaired) electrons. The number of carbonyl (C=O) groups is 2. The fourth-order valence-electron chi connectivity index (χ4n) is 1.18. The average Bonchev–Trinajstić information content (AvgIpc) is 2.25. The van der Waals surface area contributed by atoms with Crippen molar-refractivity contribution in [1.29, 1.82) is 0 Å². The Morgan fingerprint density at radius 3 is 1.89 bits per heavy atom. The number of benzene rings is 1. The van der Waals surface area contributed by atoms with Gasteiger partial charge in [-0.25, -0.2) is 0 Å². The average molecular weight is 262 g/mol. The second-order valence-corrected chi connectivity index (χ2v) is 2.99. The van der Waals surface area contributed by atoms with Crippen LogP contribution in [0.1, 0.15) is 11.1 Å². The fraction of sp³-hybridized carbons (Fsp3) is 0. The van der Waals surface area contributed by atoms with E-state index in [1.165, 1.54) is 12.1 Å². The van der Waals surface area contributed by atoms with Crippen molar-refractivity contribution in [2.75, 3.05) is 0 Å². The Labute approximate surface area is 149 Å². The summed E-state index contributed by atoms with van der Waals surface area (Å²) in [5.41, 5.74) is 0.625. The Kier molecular flexibility index (Phi) is 10.6. The summed E-state index contributed by atoms with van der Waals surface area (Å²) in [5, 5.41) is 21.0. The molecule has 0 aliphatic carbocycles. The SMILES string of the molecule is C=Cc1ccc(/C(=C/C(=O)[O-])C(=O)[O-])cc1.[Na+].[Na+]. The summed E-state index contributed by atoms with van der Waals surface area (Å²) < 4.78 is 0. The molecule has 0 aromatic heterocycles. The van der Waals surface area contributed by atoms with Crippen molar-refractivity contribution >= 4 is 23.6 Å². The quantitative estimate of drug-likeness (QED) is 0.399. The standard InChI is InChI=1S/C12H10O4.2Na/c1-2-8-3-5-9(6-4-8)10(12(15)16)7-11(13)14;;/h2-7H,1H2,(H,13,14)(H,15,16);;/q;2*+1/p-2/b10-7-;;. The predicted octanol–water partition coefficient (Wildman–Crippen LogP) is -6.78. The number of aliphatic carboxylic acids is 2. The van der Waals surface area contributed by atoms with Crippen molar-refractivity contribution in [3.8, 4) is 0 Å². The molecule has 6 heteroatoms. The van der Waals surface area contributed by atoms with Gasteiger partial charge in [0.05, 0.1) is 11.9 Å². The Balaban J connectivity index is 0. The van der Waals surface area contributed by atoms with E-state index < -0.39 is 17.5 Å². The van der Waals surface area contributed by atoms with Gasteiger partial charge in [0.1, 0.15) is 0 Å². The Morgan fingerprint density at radius 1 is 1.06 bits per heavy atom. The van der Waals surface area contributed by atoms with Gasteiger partial charge in [-0.15, -0.1) is 0 Å². The van der Waals surface area contributed by atoms with E-state index in [9.17, 15) is 19.8 Å². The molecule has 0 fully saturated rings. The summed E-state index contributed by atoms with van der Waals surface area (Å²) in [7, 11) is 0. The van der Waals surface area contributed by atoms with E-state index in [4.69, 9.17) is 0 Å². The van der Waals surface area contributed by atoms with Crippen molar-refractivity contribution < 1.29 is 78.9 Å². The van der Waals surface area contributed by atoms with Gasteiger partial charge in [0.25, 0.3) is 0 Å². The molecule has 1 rings (SSSR count). The first-order valence-electron chi connectivity index (χ1n) is 4.41. The molecule has 18 heavy (non-hydrogen) atoms. The van der Waals surface area contributed by atoms with Crippen LogP contribution in [0.15, 0.2) is 36.9 Å². The van der Waals surface area contributed by atoms with E-state index in [0.717, 1.165) is 5.56 Å². The normalized spacial score (nSPS) is 9.67. The van der Waals surface area contributed by atoms with Gasteiger partial charge in [-0.1, -0.05) is 36.9 Å². The Hall–Kier alpha value is -0.360. The van der Waals surface area contributed by atoms with Crippen LogP contribution < -0.4 is 69.3 Å². The van der Waals surface area contributed by atoms with E-state index in [2.05, 4.69) is 6.58 Å². The first kappa shape index (κ1) is 20.0. The predicted molar refractivity (Wildman–Crippen MR) is 54.5 cm³/mol. The van der Waals surface area contributed by atoms with Crippen molar-refractivity contribution in [3.63, 3.8) is 0 Å². The van der Waals surface area contributed by atoms with Crippen LogP contribution >= 0.6 is 0 Å². The van der Waals surface area contributed by atoms with E-state index in [1.54, 1.807) is 18.2 Å². The van der Waals surface area contributed by atoms with Crippen molar-refractivity contribution in [2.24, 2.45) is 0 Å². The van der Waals surface area contributed by atoms with Gasteiger partial charge in [0, 0.05) is 5.57 Å². The smallest absolute Gasteiger partial charge is 0.545 e. The molecule has 0 spiro atoms. The third kappa shape index (κ3) is 6.00. The first-order valence-corrected chi connectivity index (χ1v) is 4.41. The molecule has 0 N–H and O–H groups in total. The number of hydrogen-bond acceptors (Lipinski definition) is 4. The van der Waals surface area contributed by atoms with Crippen molar-refractivity contribution in [2.45, 2.75) is 0 Å². The molecule has 0 heterocycles. The van der Waals surface area contributed by atoms with Gasteiger partial charge in [-0.2, -0.15) is 0 Å². The topological polar surface area (TPSA) is 80.3 Å². The minimum absolute atomic E-state index is 0. The summed E-state index contributed by atoms with van der Waals surface area (Å²) in [4.78, 5) is 21.0. The van der Waals surface area contributed by atoms with Crippen LogP contribution in [0.4, 0.5) is 0 Å².